The Morgan fingerprint density at radius 2 is 2.10 bits per heavy atom. The molecule has 21 heavy (non-hydrogen) atoms. The van der Waals surface area contributed by atoms with Crippen molar-refractivity contribution in [2.45, 2.75) is 6.42 Å². The smallest absolute Gasteiger partial charge is 0.243 e. The van der Waals surface area contributed by atoms with Crippen molar-refractivity contribution in [3.05, 3.63) is 53.1 Å². The summed E-state index contributed by atoms with van der Waals surface area (Å²) < 4.78 is 0. The number of nitrogen functional groups attached to an aromatic ring is 1. The molecule has 0 aliphatic carbocycles. The van der Waals surface area contributed by atoms with E-state index in [-0.39, 0.29) is 5.91 Å². The Morgan fingerprint density at radius 3 is 2.90 bits per heavy atom. The number of rotatable bonds is 3. The third-order valence-corrected chi connectivity index (χ3v) is 3.94. The van der Waals surface area contributed by atoms with E-state index in [9.17, 15) is 4.79 Å². The first-order chi connectivity index (χ1) is 10.1. The zero-order valence-electron chi connectivity index (χ0n) is 11.5. The van der Waals surface area contributed by atoms with Crippen LogP contribution in [-0.2, 0) is 11.2 Å². The van der Waals surface area contributed by atoms with Gasteiger partial charge in [0.25, 0.3) is 0 Å². The molecule has 2 aromatic rings. The lowest BCUT2D eigenvalue weighted by Gasteiger charge is -2.18. The van der Waals surface area contributed by atoms with Gasteiger partial charge in [-0.3, -0.25) is 4.79 Å². The highest BCUT2D eigenvalue weighted by molar-refractivity contribution is 6.33. The molecule has 3 rings (SSSR count). The monoisotopic (exact) mass is 301 g/mol. The average molecular weight is 302 g/mol. The van der Waals surface area contributed by atoms with Crippen LogP contribution in [0.2, 0.25) is 5.02 Å². The Bertz CT molecular complexity index is 687. The largest absolute Gasteiger partial charge is 0.397 e. The first-order valence-electron chi connectivity index (χ1n) is 6.81. The molecular weight excluding hydrogens is 286 g/mol. The Labute approximate surface area is 128 Å². The van der Waals surface area contributed by atoms with Gasteiger partial charge >= 0.3 is 0 Å². The number of halogens is 1. The maximum atomic E-state index is 12.1. The first kappa shape index (κ1) is 13.8. The number of carbonyl (C=O) groups is 1. The number of nitrogens with zero attached hydrogens (tertiary/aromatic N) is 1. The second-order valence-corrected chi connectivity index (χ2v) is 5.49. The number of carbonyl (C=O) groups excluding carboxylic acids is 1. The summed E-state index contributed by atoms with van der Waals surface area (Å²) in [4.78, 5) is 14.2. The summed E-state index contributed by atoms with van der Waals surface area (Å²) in [5.74, 6) is -0.0616. The number of benzene rings is 2. The maximum absolute atomic E-state index is 12.1. The first-order valence-corrected chi connectivity index (χ1v) is 7.19. The second kappa shape index (κ2) is 5.66. The van der Waals surface area contributed by atoms with Gasteiger partial charge in [-0.25, -0.2) is 0 Å². The fourth-order valence-corrected chi connectivity index (χ4v) is 2.68. The standard InChI is InChI=1S/C16H16ClN3O/c17-13-6-5-12(9-14(13)18)19-16(21)10-20-8-7-11-3-1-2-4-15(11)20/h1-6,9H,7-8,10,18H2,(H,19,21). The topological polar surface area (TPSA) is 58.4 Å². The zero-order chi connectivity index (χ0) is 14.8. The van der Waals surface area contributed by atoms with Gasteiger partial charge in [-0.15, -0.1) is 0 Å². The number of nitrogens with two attached hydrogens (primary N) is 1. The van der Waals surface area contributed by atoms with Crippen molar-refractivity contribution < 1.29 is 4.79 Å². The van der Waals surface area contributed by atoms with Crippen molar-refractivity contribution in [1.29, 1.82) is 0 Å². The molecule has 1 aliphatic heterocycles. The van der Waals surface area contributed by atoms with Crippen molar-refractivity contribution in [2.24, 2.45) is 0 Å². The SMILES string of the molecule is Nc1cc(NC(=O)CN2CCc3ccccc32)ccc1Cl. The van der Waals surface area contributed by atoms with Crippen LogP contribution in [0, 0.1) is 0 Å². The van der Waals surface area contributed by atoms with Crippen LogP contribution < -0.4 is 16.0 Å². The van der Waals surface area contributed by atoms with Crippen molar-refractivity contribution in [1.82, 2.24) is 0 Å². The highest BCUT2D eigenvalue weighted by Crippen LogP contribution is 2.27. The third-order valence-electron chi connectivity index (χ3n) is 3.60. The number of hydrogen-bond donors (Lipinski definition) is 2. The average Bonchev–Trinajstić information content (AvgIpc) is 2.86. The van der Waals surface area contributed by atoms with Gasteiger partial charge < -0.3 is 16.0 Å². The van der Waals surface area contributed by atoms with E-state index in [2.05, 4.69) is 22.3 Å². The van der Waals surface area contributed by atoms with E-state index >= 15 is 0 Å². The third kappa shape index (κ3) is 2.95. The van der Waals surface area contributed by atoms with E-state index < -0.39 is 0 Å². The van der Waals surface area contributed by atoms with Crippen molar-refractivity contribution in [3.8, 4) is 0 Å². The molecule has 0 bridgehead atoms. The van der Waals surface area contributed by atoms with Crippen molar-refractivity contribution in [2.75, 3.05) is 29.0 Å². The van der Waals surface area contributed by atoms with Crippen LogP contribution in [0.15, 0.2) is 42.5 Å². The van der Waals surface area contributed by atoms with E-state index in [0.717, 1.165) is 18.7 Å². The minimum atomic E-state index is -0.0616. The molecule has 108 valence electrons. The lowest BCUT2D eigenvalue weighted by molar-refractivity contribution is -0.115. The molecule has 3 N–H and O–H groups in total. The highest BCUT2D eigenvalue weighted by atomic mass is 35.5. The molecule has 0 saturated carbocycles. The number of nitrogens with one attached hydrogen (secondary N) is 1. The minimum Gasteiger partial charge on any atom is -0.397 e. The number of hydrogen-bond acceptors (Lipinski definition) is 3. The molecule has 1 heterocycles. The zero-order valence-corrected chi connectivity index (χ0v) is 12.2. The number of para-hydroxylation sites is 1. The number of fused-ring (bicyclic) bond motifs is 1. The number of amides is 1. The van der Waals surface area contributed by atoms with Crippen LogP contribution in [-0.4, -0.2) is 19.0 Å². The Kier molecular flexibility index (Phi) is 3.71. The van der Waals surface area contributed by atoms with Gasteiger partial charge in [0.1, 0.15) is 0 Å². The summed E-state index contributed by atoms with van der Waals surface area (Å²) in [5, 5.41) is 3.34. The van der Waals surface area contributed by atoms with Crippen LogP contribution in [0.3, 0.4) is 0 Å². The lowest BCUT2D eigenvalue weighted by Crippen LogP contribution is -2.31. The van der Waals surface area contributed by atoms with E-state index in [4.69, 9.17) is 17.3 Å². The summed E-state index contributed by atoms with van der Waals surface area (Å²) in [6.07, 6.45) is 0.983. The Balaban J connectivity index is 1.66. The molecule has 0 atom stereocenters. The summed E-state index contributed by atoms with van der Waals surface area (Å²) >= 11 is 5.86. The van der Waals surface area contributed by atoms with Crippen LogP contribution in [0.1, 0.15) is 5.56 Å². The summed E-state index contributed by atoms with van der Waals surface area (Å²) in [7, 11) is 0. The number of anilines is 3. The molecule has 0 fully saturated rings. The van der Waals surface area contributed by atoms with E-state index in [1.54, 1.807) is 18.2 Å². The van der Waals surface area contributed by atoms with Crippen LogP contribution in [0.5, 0.6) is 0 Å². The molecule has 0 saturated heterocycles. The summed E-state index contributed by atoms with van der Waals surface area (Å²) in [6.45, 7) is 1.20. The predicted octanol–water partition coefficient (Wildman–Crippen LogP) is 2.92. The molecule has 4 nitrogen and oxygen atoms in total. The predicted molar refractivity (Wildman–Crippen MR) is 86.9 cm³/mol. The second-order valence-electron chi connectivity index (χ2n) is 5.08. The quantitative estimate of drug-likeness (QED) is 0.857. The molecule has 5 heteroatoms. The summed E-state index contributed by atoms with van der Waals surface area (Å²) in [6, 6.07) is 13.3. The Morgan fingerprint density at radius 1 is 1.29 bits per heavy atom. The molecule has 2 aromatic carbocycles. The fraction of sp³-hybridized carbons (Fsp3) is 0.188. The highest BCUT2D eigenvalue weighted by Gasteiger charge is 2.20. The van der Waals surface area contributed by atoms with Gasteiger partial charge in [0.05, 0.1) is 17.3 Å². The minimum absolute atomic E-state index is 0.0616. The molecule has 0 aromatic heterocycles. The van der Waals surface area contributed by atoms with Crippen molar-refractivity contribution in [3.63, 3.8) is 0 Å². The van der Waals surface area contributed by atoms with Crippen LogP contribution >= 0.6 is 11.6 Å². The summed E-state index contributed by atoms with van der Waals surface area (Å²) in [5.41, 5.74) is 9.28. The van der Waals surface area contributed by atoms with Gasteiger partial charge in [0.15, 0.2) is 0 Å². The fourth-order valence-electron chi connectivity index (χ4n) is 2.57. The normalized spacial score (nSPS) is 13.1. The lowest BCUT2D eigenvalue weighted by atomic mass is 10.2. The van der Waals surface area contributed by atoms with Crippen LogP contribution in [0.4, 0.5) is 17.1 Å². The molecule has 0 spiro atoms. The van der Waals surface area contributed by atoms with Crippen molar-refractivity contribution >= 4 is 34.6 Å². The van der Waals surface area contributed by atoms with Crippen LogP contribution in [0.25, 0.3) is 0 Å². The van der Waals surface area contributed by atoms with E-state index in [1.165, 1.54) is 5.56 Å². The molecule has 0 radical (unpaired) electrons. The van der Waals surface area contributed by atoms with Gasteiger partial charge in [-0.1, -0.05) is 29.8 Å². The molecular formula is C16H16ClN3O. The molecule has 0 unspecified atom stereocenters. The van der Waals surface area contributed by atoms with Gasteiger partial charge in [0, 0.05) is 17.9 Å². The van der Waals surface area contributed by atoms with Gasteiger partial charge in [-0.05, 0) is 36.2 Å². The van der Waals surface area contributed by atoms with Gasteiger partial charge in [0.2, 0.25) is 5.91 Å². The Hall–Kier alpha value is -2.20. The molecule has 1 aliphatic rings. The van der Waals surface area contributed by atoms with E-state index in [0.29, 0.717) is 22.9 Å². The molecule has 1 amide bonds. The maximum Gasteiger partial charge on any atom is 0.243 e. The van der Waals surface area contributed by atoms with E-state index in [1.807, 2.05) is 12.1 Å². The van der Waals surface area contributed by atoms with Gasteiger partial charge in [-0.2, -0.15) is 0 Å².